The molecule has 1 aliphatic rings. The number of aryl methyl sites for hydroxylation is 1. The maximum atomic E-state index is 12.9. The summed E-state index contributed by atoms with van der Waals surface area (Å²) in [5.41, 5.74) is 1.57. The van der Waals surface area contributed by atoms with Crippen molar-refractivity contribution in [2.24, 2.45) is 0 Å². The van der Waals surface area contributed by atoms with Gasteiger partial charge in [0.1, 0.15) is 6.04 Å². The molecule has 0 radical (unpaired) electrons. The number of fused-ring (bicyclic) bond motifs is 1. The maximum Gasteiger partial charge on any atom is 0.258 e. The third kappa shape index (κ3) is 3.83. The summed E-state index contributed by atoms with van der Waals surface area (Å²) in [6, 6.07) is 14.2. The van der Waals surface area contributed by atoms with Gasteiger partial charge >= 0.3 is 0 Å². The summed E-state index contributed by atoms with van der Waals surface area (Å²) in [5, 5.41) is 0.576. The summed E-state index contributed by atoms with van der Waals surface area (Å²) in [6.07, 6.45) is 0. The van der Waals surface area contributed by atoms with E-state index in [9.17, 15) is 13.2 Å². The van der Waals surface area contributed by atoms with E-state index in [1.165, 1.54) is 4.90 Å². The largest absolute Gasteiger partial charge is 0.324 e. The Hall–Kier alpha value is -2.55. The van der Waals surface area contributed by atoms with Gasteiger partial charge in [0.05, 0.1) is 42.0 Å². The molecule has 2 heterocycles. The summed E-state index contributed by atoms with van der Waals surface area (Å²) in [4.78, 5) is 21.4. The standard InChI is InChI=1S/C21H24N4O3S/c1-15-7-9-17(10-8-15)29(27,28)25-13-11-24(12-14-25)16(2)20-22-19-6-4-3-5-18(19)21(26)23-20/h3-10,16H,11-14H2,1-2H3,(H,22,23,26)/p+1/t16-/m1/s1. The Labute approximate surface area is 170 Å². The number of hydrogen-bond acceptors (Lipinski definition) is 4. The minimum absolute atomic E-state index is 0.0310. The number of aromatic nitrogens is 2. The molecule has 0 spiro atoms. The third-order valence-corrected chi connectivity index (χ3v) is 7.59. The first-order valence-corrected chi connectivity index (χ1v) is 11.2. The average Bonchev–Trinajstić information content (AvgIpc) is 2.73. The van der Waals surface area contributed by atoms with Crippen LogP contribution in [0.4, 0.5) is 0 Å². The van der Waals surface area contributed by atoms with Crippen molar-refractivity contribution < 1.29 is 13.3 Å². The Bertz CT molecular complexity index is 1180. The second-order valence-corrected chi connectivity index (χ2v) is 9.50. The first kappa shape index (κ1) is 19.8. The van der Waals surface area contributed by atoms with Crippen LogP contribution >= 0.6 is 0 Å². The Morgan fingerprint density at radius 1 is 1.07 bits per heavy atom. The van der Waals surface area contributed by atoms with Crippen LogP contribution in [0.5, 0.6) is 0 Å². The lowest BCUT2D eigenvalue weighted by atomic mass is 10.2. The van der Waals surface area contributed by atoms with Gasteiger partial charge in [-0.3, -0.25) is 4.79 Å². The summed E-state index contributed by atoms with van der Waals surface area (Å²) < 4.78 is 27.3. The zero-order chi connectivity index (χ0) is 20.6. The van der Waals surface area contributed by atoms with Gasteiger partial charge in [0.25, 0.3) is 5.56 Å². The van der Waals surface area contributed by atoms with E-state index in [4.69, 9.17) is 0 Å². The number of hydrogen-bond donors (Lipinski definition) is 2. The molecule has 2 N–H and O–H groups in total. The number of aromatic amines is 1. The van der Waals surface area contributed by atoms with Gasteiger partial charge in [-0.05, 0) is 38.1 Å². The minimum atomic E-state index is -3.48. The zero-order valence-corrected chi connectivity index (χ0v) is 17.4. The maximum absolute atomic E-state index is 12.9. The molecule has 7 nitrogen and oxygen atoms in total. The SMILES string of the molecule is Cc1ccc(S(=O)(=O)N2CC[NH+]([C@H](C)c3nc4ccccc4c(=O)[nH]3)CC2)cc1. The number of nitrogens with one attached hydrogen (secondary N) is 2. The Morgan fingerprint density at radius 3 is 2.41 bits per heavy atom. The molecule has 152 valence electrons. The second kappa shape index (κ2) is 7.70. The molecule has 1 saturated heterocycles. The molecule has 1 aliphatic heterocycles. The molecule has 0 aliphatic carbocycles. The number of quaternary nitrogens is 1. The highest BCUT2D eigenvalue weighted by Gasteiger charge is 2.33. The summed E-state index contributed by atoms with van der Waals surface area (Å²) in [6.45, 7) is 6.14. The molecule has 0 amide bonds. The molecular formula is C21H25N4O3S+. The molecule has 1 fully saturated rings. The highest BCUT2D eigenvalue weighted by molar-refractivity contribution is 7.89. The normalized spacial score (nSPS) is 17.4. The van der Waals surface area contributed by atoms with Crippen LogP contribution in [0, 0.1) is 6.92 Å². The van der Waals surface area contributed by atoms with Gasteiger partial charge < -0.3 is 9.88 Å². The van der Waals surface area contributed by atoms with Crippen molar-refractivity contribution >= 4 is 20.9 Å². The van der Waals surface area contributed by atoms with Crippen molar-refractivity contribution in [1.82, 2.24) is 14.3 Å². The fourth-order valence-electron chi connectivity index (χ4n) is 3.81. The number of H-pyrrole nitrogens is 1. The van der Waals surface area contributed by atoms with Crippen molar-refractivity contribution in [3.63, 3.8) is 0 Å². The van der Waals surface area contributed by atoms with Crippen LogP contribution < -0.4 is 10.5 Å². The molecule has 3 aromatic rings. The van der Waals surface area contributed by atoms with Gasteiger partial charge in [-0.15, -0.1) is 0 Å². The van der Waals surface area contributed by atoms with Gasteiger partial charge in [-0.2, -0.15) is 4.31 Å². The number of rotatable bonds is 4. The Kier molecular flexibility index (Phi) is 5.24. The lowest BCUT2D eigenvalue weighted by molar-refractivity contribution is -0.933. The van der Waals surface area contributed by atoms with Crippen molar-refractivity contribution in [3.05, 3.63) is 70.3 Å². The lowest BCUT2D eigenvalue weighted by Gasteiger charge is -2.34. The second-order valence-electron chi connectivity index (χ2n) is 7.57. The fourth-order valence-corrected chi connectivity index (χ4v) is 5.25. The van der Waals surface area contributed by atoms with E-state index in [1.54, 1.807) is 22.5 Å². The summed E-state index contributed by atoms with van der Waals surface area (Å²) in [5.74, 6) is 0.638. The summed E-state index contributed by atoms with van der Waals surface area (Å²) in [7, 11) is -3.48. The predicted octanol–water partition coefficient (Wildman–Crippen LogP) is 0.882. The van der Waals surface area contributed by atoms with Crippen LogP contribution in [-0.4, -0.2) is 48.9 Å². The molecule has 2 aromatic carbocycles. The van der Waals surface area contributed by atoms with Gasteiger partial charge in [0, 0.05) is 0 Å². The van der Waals surface area contributed by atoms with E-state index in [-0.39, 0.29) is 11.6 Å². The number of benzene rings is 2. The predicted molar refractivity (Wildman–Crippen MR) is 111 cm³/mol. The fraction of sp³-hybridized carbons (Fsp3) is 0.333. The first-order chi connectivity index (χ1) is 13.9. The van der Waals surface area contributed by atoms with Crippen molar-refractivity contribution in [1.29, 1.82) is 0 Å². The third-order valence-electron chi connectivity index (χ3n) is 5.68. The van der Waals surface area contributed by atoms with E-state index in [0.717, 1.165) is 5.56 Å². The topological polar surface area (TPSA) is 87.6 Å². The van der Waals surface area contributed by atoms with Crippen LogP contribution in [-0.2, 0) is 10.0 Å². The van der Waals surface area contributed by atoms with Crippen molar-refractivity contribution in [2.45, 2.75) is 24.8 Å². The molecule has 29 heavy (non-hydrogen) atoms. The minimum Gasteiger partial charge on any atom is -0.324 e. The Balaban J connectivity index is 1.49. The molecule has 0 bridgehead atoms. The number of sulfonamides is 1. The van der Waals surface area contributed by atoms with Crippen LogP contribution in [0.15, 0.2) is 58.2 Å². The summed E-state index contributed by atoms with van der Waals surface area (Å²) >= 11 is 0. The average molecular weight is 414 g/mol. The lowest BCUT2D eigenvalue weighted by Crippen LogP contribution is -3.14. The van der Waals surface area contributed by atoms with Crippen LogP contribution in [0.3, 0.4) is 0 Å². The highest BCUT2D eigenvalue weighted by atomic mass is 32.2. The highest BCUT2D eigenvalue weighted by Crippen LogP contribution is 2.17. The van der Waals surface area contributed by atoms with E-state index in [0.29, 0.717) is 47.8 Å². The smallest absolute Gasteiger partial charge is 0.258 e. The van der Waals surface area contributed by atoms with Gasteiger partial charge in [0.15, 0.2) is 5.82 Å². The Morgan fingerprint density at radius 2 is 1.72 bits per heavy atom. The van der Waals surface area contributed by atoms with Crippen LogP contribution in [0.25, 0.3) is 10.9 Å². The van der Waals surface area contributed by atoms with Crippen LogP contribution in [0.1, 0.15) is 24.4 Å². The number of nitrogens with zero attached hydrogens (tertiary/aromatic N) is 2. The quantitative estimate of drug-likeness (QED) is 0.665. The van der Waals surface area contributed by atoms with E-state index in [2.05, 4.69) is 9.97 Å². The van der Waals surface area contributed by atoms with E-state index < -0.39 is 10.0 Å². The van der Waals surface area contributed by atoms with Gasteiger partial charge in [0.2, 0.25) is 10.0 Å². The number of para-hydroxylation sites is 1. The first-order valence-electron chi connectivity index (χ1n) is 9.76. The van der Waals surface area contributed by atoms with E-state index >= 15 is 0 Å². The van der Waals surface area contributed by atoms with E-state index in [1.807, 2.05) is 44.2 Å². The zero-order valence-electron chi connectivity index (χ0n) is 16.6. The molecule has 1 aromatic heterocycles. The van der Waals surface area contributed by atoms with Crippen molar-refractivity contribution in [3.8, 4) is 0 Å². The molecule has 0 saturated carbocycles. The molecule has 0 unspecified atom stereocenters. The monoisotopic (exact) mass is 413 g/mol. The molecule has 4 rings (SSSR count). The van der Waals surface area contributed by atoms with Crippen molar-refractivity contribution in [2.75, 3.05) is 26.2 Å². The van der Waals surface area contributed by atoms with Crippen LogP contribution in [0.2, 0.25) is 0 Å². The van der Waals surface area contributed by atoms with Gasteiger partial charge in [-0.25, -0.2) is 13.4 Å². The number of piperazine rings is 1. The van der Waals surface area contributed by atoms with Gasteiger partial charge in [-0.1, -0.05) is 29.8 Å². The molecule has 1 atom stereocenters. The molecule has 8 heteroatoms. The molecular weight excluding hydrogens is 388 g/mol.